The average molecular weight is 277 g/mol. The van der Waals surface area contributed by atoms with Crippen LogP contribution in [0.3, 0.4) is 0 Å². The highest BCUT2D eigenvalue weighted by atomic mass is 32.2. The molecule has 106 valence electrons. The van der Waals surface area contributed by atoms with Gasteiger partial charge in [-0.2, -0.15) is 0 Å². The lowest BCUT2D eigenvalue weighted by molar-refractivity contribution is -0.149. The van der Waals surface area contributed by atoms with Crippen LogP contribution in [0.2, 0.25) is 0 Å². The number of ether oxygens (including phenoxy) is 1. The summed E-state index contributed by atoms with van der Waals surface area (Å²) in [4.78, 5) is 13.8. The minimum atomic E-state index is -2.88. The van der Waals surface area contributed by atoms with Gasteiger partial charge in [-0.25, -0.2) is 8.42 Å². The molecule has 1 atom stereocenters. The molecule has 1 aliphatic heterocycles. The molecular weight excluding hydrogens is 254 g/mol. The number of rotatable bonds is 6. The number of hydrogen-bond acceptors (Lipinski definition) is 5. The molecule has 0 radical (unpaired) electrons. The van der Waals surface area contributed by atoms with Crippen LogP contribution >= 0.6 is 0 Å². The van der Waals surface area contributed by atoms with Gasteiger partial charge in [-0.15, -0.1) is 0 Å². The molecule has 1 aliphatic rings. The zero-order valence-corrected chi connectivity index (χ0v) is 12.0. The van der Waals surface area contributed by atoms with E-state index in [2.05, 4.69) is 4.90 Å². The molecule has 0 N–H and O–H groups in total. The number of esters is 1. The monoisotopic (exact) mass is 277 g/mol. The van der Waals surface area contributed by atoms with Crippen LogP contribution in [0.4, 0.5) is 0 Å². The zero-order chi connectivity index (χ0) is 13.6. The highest BCUT2D eigenvalue weighted by Gasteiger charge is 2.26. The second-order valence-corrected chi connectivity index (χ2v) is 7.13. The molecular formula is C12H23NO4S. The van der Waals surface area contributed by atoms with Gasteiger partial charge in [-0.3, -0.25) is 4.79 Å². The van der Waals surface area contributed by atoms with Gasteiger partial charge in [-0.1, -0.05) is 0 Å². The third-order valence-corrected chi connectivity index (χ3v) is 4.15. The van der Waals surface area contributed by atoms with Crippen LogP contribution in [0.5, 0.6) is 0 Å². The first-order valence-electron chi connectivity index (χ1n) is 6.49. The molecule has 1 fully saturated rings. The van der Waals surface area contributed by atoms with Crippen LogP contribution in [0.15, 0.2) is 0 Å². The predicted molar refractivity (Wildman–Crippen MR) is 70.1 cm³/mol. The van der Waals surface area contributed by atoms with E-state index in [1.165, 1.54) is 6.26 Å². The summed E-state index contributed by atoms with van der Waals surface area (Å²) < 4.78 is 27.1. The number of likely N-dealkylation sites (tertiary alicyclic amines) is 1. The van der Waals surface area contributed by atoms with Crippen molar-refractivity contribution in [3.8, 4) is 0 Å². The minimum Gasteiger partial charge on any atom is -0.466 e. The first kappa shape index (κ1) is 15.4. The van der Waals surface area contributed by atoms with E-state index in [9.17, 15) is 13.2 Å². The van der Waals surface area contributed by atoms with Crippen LogP contribution in [0.25, 0.3) is 0 Å². The molecule has 0 unspecified atom stereocenters. The first-order valence-corrected chi connectivity index (χ1v) is 8.55. The molecule has 0 aromatic heterocycles. The van der Waals surface area contributed by atoms with Crippen molar-refractivity contribution in [1.29, 1.82) is 0 Å². The molecule has 0 aromatic carbocycles. The molecule has 0 bridgehead atoms. The van der Waals surface area contributed by atoms with E-state index < -0.39 is 9.84 Å². The average Bonchev–Trinajstić information content (AvgIpc) is 2.28. The smallest absolute Gasteiger partial charge is 0.310 e. The van der Waals surface area contributed by atoms with Gasteiger partial charge in [0.1, 0.15) is 9.84 Å². The number of piperidine rings is 1. The van der Waals surface area contributed by atoms with Gasteiger partial charge in [0, 0.05) is 12.8 Å². The summed E-state index contributed by atoms with van der Waals surface area (Å²) in [6.07, 6.45) is 3.74. The van der Waals surface area contributed by atoms with E-state index in [4.69, 9.17) is 4.74 Å². The van der Waals surface area contributed by atoms with Gasteiger partial charge in [0.2, 0.25) is 0 Å². The number of sulfone groups is 1. The zero-order valence-electron chi connectivity index (χ0n) is 11.2. The second-order valence-electron chi connectivity index (χ2n) is 4.88. The Bertz CT molecular complexity index is 366. The van der Waals surface area contributed by atoms with Crippen LogP contribution in [-0.4, -0.2) is 57.5 Å². The number of hydrogen-bond donors (Lipinski definition) is 0. The lowest BCUT2D eigenvalue weighted by Crippen LogP contribution is -2.40. The van der Waals surface area contributed by atoms with Crippen molar-refractivity contribution in [3.05, 3.63) is 0 Å². The van der Waals surface area contributed by atoms with Crippen molar-refractivity contribution >= 4 is 15.8 Å². The Balaban J connectivity index is 2.33. The van der Waals surface area contributed by atoms with Gasteiger partial charge >= 0.3 is 5.97 Å². The molecule has 1 rings (SSSR count). The molecule has 18 heavy (non-hydrogen) atoms. The highest BCUT2D eigenvalue weighted by Crippen LogP contribution is 2.18. The molecule has 1 saturated heterocycles. The molecule has 0 saturated carbocycles. The summed E-state index contributed by atoms with van der Waals surface area (Å²) in [7, 11) is -2.88. The topological polar surface area (TPSA) is 63.7 Å². The van der Waals surface area contributed by atoms with E-state index >= 15 is 0 Å². The Kier molecular flexibility index (Phi) is 6.08. The fourth-order valence-electron chi connectivity index (χ4n) is 2.26. The number of nitrogens with zero attached hydrogens (tertiary/aromatic N) is 1. The fourth-order valence-corrected chi connectivity index (χ4v) is 2.91. The Morgan fingerprint density at radius 1 is 1.44 bits per heavy atom. The maximum absolute atomic E-state index is 11.6. The number of carbonyl (C=O) groups excluding carboxylic acids is 1. The molecule has 0 aromatic rings. The minimum absolute atomic E-state index is 0.0445. The van der Waals surface area contributed by atoms with Crippen molar-refractivity contribution in [2.45, 2.75) is 26.2 Å². The summed E-state index contributed by atoms with van der Waals surface area (Å²) in [5.74, 6) is 0.0513. The Morgan fingerprint density at radius 3 is 2.78 bits per heavy atom. The van der Waals surface area contributed by atoms with Gasteiger partial charge in [0.05, 0.1) is 18.3 Å². The van der Waals surface area contributed by atoms with Crippen molar-refractivity contribution in [3.63, 3.8) is 0 Å². The second kappa shape index (κ2) is 7.09. The van der Waals surface area contributed by atoms with Crippen LogP contribution in [0, 0.1) is 5.92 Å². The number of carbonyl (C=O) groups is 1. The van der Waals surface area contributed by atoms with Crippen molar-refractivity contribution < 1.29 is 17.9 Å². The van der Waals surface area contributed by atoms with E-state index in [0.717, 1.165) is 25.9 Å². The molecule has 0 amide bonds. The molecule has 5 nitrogen and oxygen atoms in total. The van der Waals surface area contributed by atoms with E-state index in [1.807, 2.05) is 6.92 Å². The lowest BCUT2D eigenvalue weighted by atomic mass is 9.98. The quantitative estimate of drug-likeness (QED) is 0.669. The molecule has 6 heteroatoms. The normalized spacial score (nSPS) is 21.8. The van der Waals surface area contributed by atoms with Crippen LogP contribution in [0.1, 0.15) is 26.2 Å². The van der Waals surface area contributed by atoms with E-state index in [1.54, 1.807) is 0 Å². The summed E-state index contributed by atoms with van der Waals surface area (Å²) in [5, 5.41) is 0. The summed E-state index contributed by atoms with van der Waals surface area (Å²) in [5.41, 5.74) is 0. The molecule has 0 spiro atoms. The van der Waals surface area contributed by atoms with Gasteiger partial charge < -0.3 is 9.64 Å². The summed E-state index contributed by atoms with van der Waals surface area (Å²) in [6, 6.07) is 0. The van der Waals surface area contributed by atoms with Crippen LogP contribution in [-0.2, 0) is 19.4 Å². The summed E-state index contributed by atoms with van der Waals surface area (Å²) >= 11 is 0. The van der Waals surface area contributed by atoms with Gasteiger partial charge in [0.15, 0.2) is 0 Å². The molecule has 1 heterocycles. The third-order valence-electron chi connectivity index (χ3n) is 3.11. The standard InChI is InChI=1S/C12H23NO4S/c1-3-17-12(14)11-6-4-7-13(10-11)8-5-9-18(2,15)16/h11H,3-10H2,1-2H3/t11-/m0/s1. The maximum atomic E-state index is 11.6. The fraction of sp³-hybridized carbons (Fsp3) is 0.917. The maximum Gasteiger partial charge on any atom is 0.310 e. The van der Waals surface area contributed by atoms with Crippen LogP contribution < -0.4 is 0 Å². The van der Waals surface area contributed by atoms with E-state index in [0.29, 0.717) is 19.6 Å². The van der Waals surface area contributed by atoms with Gasteiger partial charge in [-0.05, 0) is 39.3 Å². The SMILES string of the molecule is CCOC(=O)[C@H]1CCCN(CCCS(C)(=O)=O)C1. The van der Waals surface area contributed by atoms with E-state index in [-0.39, 0.29) is 17.6 Å². The first-order chi connectivity index (χ1) is 8.42. The van der Waals surface area contributed by atoms with Crippen molar-refractivity contribution in [2.24, 2.45) is 5.92 Å². The Morgan fingerprint density at radius 2 is 2.17 bits per heavy atom. The highest BCUT2D eigenvalue weighted by molar-refractivity contribution is 7.90. The summed E-state index contributed by atoms with van der Waals surface area (Å²) in [6.45, 7) is 4.61. The largest absolute Gasteiger partial charge is 0.466 e. The van der Waals surface area contributed by atoms with Crippen molar-refractivity contribution in [1.82, 2.24) is 4.90 Å². The lowest BCUT2D eigenvalue weighted by Gasteiger charge is -2.31. The van der Waals surface area contributed by atoms with Gasteiger partial charge in [0.25, 0.3) is 0 Å². The Hall–Kier alpha value is -0.620. The third kappa shape index (κ3) is 5.82. The molecule has 0 aliphatic carbocycles. The Labute approximate surface area is 109 Å². The van der Waals surface area contributed by atoms with Crippen molar-refractivity contribution in [2.75, 3.05) is 38.2 Å². The predicted octanol–water partition coefficient (Wildman–Crippen LogP) is 0.696.